The minimum atomic E-state index is 0. The molecule has 0 saturated carbocycles. The van der Waals surface area contributed by atoms with Crippen LogP contribution in [0, 0.1) is 23.0 Å². The Morgan fingerprint density at radius 2 is 1.05 bits per heavy atom. The Balaban J connectivity index is 0.000000324. The van der Waals surface area contributed by atoms with Gasteiger partial charge in [0.2, 0.25) is 0 Å². The zero-order valence-corrected chi connectivity index (χ0v) is 14.3. The molecule has 0 N–H and O–H groups in total. The zero-order chi connectivity index (χ0) is 13.8. The van der Waals surface area contributed by atoms with E-state index in [-0.39, 0.29) is 17.1 Å². The predicted molar refractivity (Wildman–Crippen MR) is 79.9 cm³/mol. The molecule has 0 unspecified atom stereocenters. The molecule has 2 rings (SSSR count). The van der Waals surface area contributed by atoms with E-state index in [1.165, 1.54) is 11.1 Å². The normalized spacial score (nSPS) is 17.4. The fraction of sp³-hybridized carbons (Fsp3) is 0.556. The third-order valence-corrected chi connectivity index (χ3v) is 3.01. The summed E-state index contributed by atoms with van der Waals surface area (Å²) in [7, 11) is 0. The van der Waals surface area contributed by atoms with E-state index < -0.39 is 0 Å². The first-order chi connectivity index (χ1) is 8.21. The fourth-order valence-corrected chi connectivity index (χ4v) is 1.84. The monoisotopic (exact) mass is 297 g/mol. The zero-order valence-electron chi connectivity index (χ0n) is 13.1. The molecular formula is C18H26Mn. The average Bonchev–Trinajstić information content (AvgIpc) is 2.91. The Kier molecular flexibility index (Phi) is 7.11. The quantitative estimate of drug-likeness (QED) is 0.412. The Morgan fingerprint density at radius 3 is 1.16 bits per heavy atom. The van der Waals surface area contributed by atoms with Crippen molar-refractivity contribution in [3.05, 3.63) is 47.6 Å². The van der Waals surface area contributed by atoms with E-state index in [0.717, 1.165) is 12.8 Å². The maximum Gasteiger partial charge on any atom is 2.00 e. The van der Waals surface area contributed by atoms with Crippen LogP contribution in [0.1, 0.15) is 54.4 Å². The van der Waals surface area contributed by atoms with Gasteiger partial charge in [0.15, 0.2) is 0 Å². The molecule has 1 radical (unpaired) electrons. The van der Waals surface area contributed by atoms with E-state index >= 15 is 0 Å². The van der Waals surface area contributed by atoms with Crippen molar-refractivity contribution in [2.24, 2.45) is 10.8 Å². The summed E-state index contributed by atoms with van der Waals surface area (Å²) in [6, 6.07) is 0. The molecular weight excluding hydrogens is 271 g/mol. The predicted octanol–water partition coefficient (Wildman–Crippen LogP) is 5.44. The molecule has 0 saturated heterocycles. The Morgan fingerprint density at radius 1 is 0.737 bits per heavy atom. The van der Waals surface area contributed by atoms with Gasteiger partial charge in [-0.15, -0.1) is 12.8 Å². The van der Waals surface area contributed by atoms with Gasteiger partial charge >= 0.3 is 17.1 Å². The van der Waals surface area contributed by atoms with E-state index in [9.17, 15) is 0 Å². The van der Waals surface area contributed by atoms with Crippen molar-refractivity contribution >= 4 is 0 Å². The van der Waals surface area contributed by atoms with Crippen molar-refractivity contribution in [3.8, 4) is 0 Å². The number of allylic oxidation sites excluding steroid dienone is 8. The molecule has 0 amide bonds. The van der Waals surface area contributed by atoms with Crippen LogP contribution in [0.4, 0.5) is 0 Å². The molecule has 0 spiro atoms. The molecule has 2 aliphatic rings. The third-order valence-electron chi connectivity index (χ3n) is 3.01. The summed E-state index contributed by atoms with van der Waals surface area (Å²) in [5.41, 5.74) is 3.30. The maximum absolute atomic E-state index is 3.30. The number of hydrogen-bond acceptors (Lipinski definition) is 0. The summed E-state index contributed by atoms with van der Waals surface area (Å²) >= 11 is 0. The molecule has 1 heteroatoms. The molecule has 0 bridgehead atoms. The van der Waals surface area contributed by atoms with E-state index in [1.54, 1.807) is 0 Å². The fourth-order valence-electron chi connectivity index (χ4n) is 1.84. The average molecular weight is 297 g/mol. The minimum absolute atomic E-state index is 0. The topological polar surface area (TPSA) is 0 Å². The first-order valence-electron chi connectivity index (χ1n) is 6.77. The van der Waals surface area contributed by atoms with E-state index in [2.05, 4.69) is 78.0 Å². The van der Waals surface area contributed by atoms with E-state index in [1.807, 2.05) is 0 Å². The van der Waals surface area contributed by atoms with E-state index in [0.29, 0.717) is 10.8 Å². The van der Waals surface area contributed by atoms with Crippen LogP contribution in [-0.4, -0.2) is 0 Å². The molecule has 0 aromatic rings. The van der Waals surface area contributed by atoms with Gasteiger partial charge in [0.05, 0.1) is 0 Å². The van der Waals surface area contributed by atoms with Crippen LogP contribution in [0.25, 0.3) is 0 Å². The van der Waals surface area contributed by atoms with Crippen LogP contribution < -0.4 is 0 Å². The smallest absolute Gasteiger partial charge is 0.269 e. The molecule has 19 heavy (non-hydrogen) atoms. The van der Waals surface area contributed by atoms with Crippen molar-refractivity contribution in [2.45, 2.75) is 54.4 Å². The summed E-state index contributed by atoms with van der Waals surface area (Å²) in [4.78, 5) is 0. The molecule has 0 aromatic heterocycles. The van der Waals surface area contributed by atoms with Gasteiger partial charge in [0, 0.05) is 0 Å². The van der Waals surface area contributed by atoms with Crippen molar-refractivity contribution in [3.63, 3.8) is 0 Å². The van der Waals surface area contributed by atoms with Crippen molar-refractivity contribution in [1.29, 1.82) is 0 Å². The van der Waals surface area contributed by atoms with Gasteiger partial charge in [-0.3, -0.25) is 12.2 Å². The Hall–Kier alpha value is -0.521. The largest absolute Gasteiger partial charge is 2.00 e. The minimum Gasteiger partial charge on any atom is -0.269 e. The second-order valence-electron chi connectivity index (χ2n) is 6.89. The summed E-state index contributed by atoms with van der Waals surface area (Å²) in [5.74, 6) is 0. The van der Waals surface area contributed by atoms with Gasteiger partial charge in [-0.2, -0.15) is 12.2 Å². The van der Waals surface area contributed by atoms with E-state index in [4.69, 9.17) is 0 Å². The third kappa shape index (κ3) is 6.45. The van der Waals surface area contributed by atoms with Crippen LogP contribution in [0.3, 0.4) is 0 Å². The second kappa shape index (κ2) is 7.31. The number of rotatable bonds is 0. The summed E-state index contributed by atoms with van der Waals surface area (Å²) in [6.45, 7) is 13.3. The van der Waals surface area contributed by atoms with Crippen molar-refractivity contribution in [2.75, 3.05) is 0 Å². The molecule has 0 fully saturated rings. The van der Waals surface area contributed by atoms with Crippen LogP contribution in [-0.2, 0) is 17.1 Å². The SMILES string of the molecule is CC(C)(C)C1=[C-]CC=C1.CC(C)(C)C1=[C-]CC=C1.[Mn+2]. The van der Waals surface area contributed by atoms with Crippen LogP contribution in [0.15, 0.2) is 35.5 Å². The summed E-state index contributed by atoms with van der Waals surface area (Å²) < 4.78 is 0. The van der Waals surface area contributed by atoms with Gasteiger partial charge in [0.25, 0.3) is 0 Å². The van der Waals surface area contributed by atoms with Gasteiger partial charge in [-0.05, 0) is 10.8 Å². The first kappa shape index (κ1) is 18.5. The Labute approximate surface area is 130 Å². The molecule has 0 heterocycles. The summed E-state index contributed by atoms with van der Waals surface area (Å²) in [6.07, 6.45) is 17.3. The van der Waals surface area contributed by atoms with Crippen LogP contribution in [0.2, 0.25) is 0 Å². The van der Waals surface area contributed by atoms with Gasteiger partial charge in [-0.25, -0.2) is 23.3 Å². The molecule has 2 aliphatic carbocycles. The standard InChI is InChI=1S/2C9H13.Mn/c2*1-9(2,3)8-6-4-5-7-8;/h2*4,6H,5H2,1-3H3;/q2*-1;+2. The maximum atomic E-state index is 3.30. The molecule has 0 aliphatic heterocycles. The van der Waals surface area contributed by atoms with Crippen LogP contribution >= 0.6 is 0 Å². The molecule has 105 valence electrons. The van der Waals surface area contributed by atoms with Crippen molar-refractivity contribution < 1.29 is 17.1 Å². The molecule has 0 aromatic carbocycles. The van der Waals surface area contributed by atoms with Crippen LogP contribution in [0.5, 0.6) is 0 Å². The second-order valence-corrected chi connectivity index (χ2v) is 6.89. The molecule has 0 nitrogen and oxygen atoms in total. The van der Waals surface area contributed by atoms with Gasteiger partial charge in [0.1, 0.15) is 0 Å². The first-order valence-corrected chi connectivity index (χ1v) is 6.77. The van der Waals surface area contributed by atoms with Crippen molar-refractivity contribution in [1.82, 2.24) is 0 Å². The summed E-state index contributed by atoms with van der Waals surface area (Å²) in [5, 5.41) is 0. The Bertz CT molecular complexity index is 352. The van der Waals surface area contributed by atoms with Gasteiger partial charge < -0.3 is 0 Å². The molecule has 0 atom stereocenters. The van der Waals surface area contributed by atoms with Gasteiger partial charge in [-0.1, -0.05) is 41.5 Å². The number of hydrogen-bond donors (Lipinski definition) is 0.